The third kappa shape index (κ3) is 3.79. The van der Waals surface area contributed by atoms with Gasteiger partial charge in [-0.25, -0.2) is 9.18 Å². The second kappa shape index (κ2) is 6.95. The summed E-state index contributed by atoms with van der Waals surface area (Å²) in [6.45, 7) is 0. The summed E-state index contributed by atoms with van der Waals surface area (Å²) in [7, 11) is 1.41. The van der Waals surface area contributed by atoms with Crippen LogP contribution in [0, 0.1) is 11.7 Å². The third-order valence-corrected chi connectivity index (χ3v) is 4.69. The Morgan fingerprint density at radius 1 is 1.22 bits per heavy atom. The molecule has 1 aliphatic rings. The van der Waals surface area contributed by atoms with Crippen LogP contribution in [0.15, 0.2) is 42.5 Å². The summed E-state index contributed by atoms with van der Waals surface area (Å²) >= 11 is 0. The Kier molecular flexibility index (Phi) is 4.75. The van der Waals surface area contributed by atoms with Gasteiger partial charge in [0.25, 0.3) is 0 Å². The minimum absolute atomic E-state index is 0.160. The molecule has 0 radical (unpaired) electrons. The number of aryl methyl sites for hydroxylation is 2. The highest BCUT2D eigenvalue weighted by atomic mass is 19.1. The number of halogens is 1. The lowest BCUT2D eigenvalue weighted by atomic mass is 9.80. The van der Waals surface area contributed by atoms with E-state index < -0.39 is 0 Å². The maximum absolute atomic E-state index is 13.2. The van der Waals surface area contributed by atoms with Crippen molar-refractivity contribution in [1.82, 2.24) is 0 Å². The molecule has 0 aromatic heterocycles. The number of carbonyl (C=O) groups is 1. The van der Waals surface area contributed by atoms with Gasteiger partial charge in [-0.2, -0.15) is 0 Å². The van der Waals surface area contributed by atoms with Crippen molar-refractivity contribution in [3.63, 3.8) is 0 Å². The molecule has 2 nitrogen and oxygen atoms in total. The Morgan fingerprint density at radius 2 is 2.09 bits per heavy atom. The number of benzene rings is 2. The largest absolute Gasteiger partial charge is 0.465 e. The van der Waals surface area contributed by atoms with Crippen molar-refractivity contribution in [1.29, 1.82) is 0 Å². The first-order valence-corrected chi connectivity index (χ1v) is 8.10. The van der Waals surface area contributed by atoms with Gasteiger partial charge in [-0.15, -0.1) is 0 Å². The lowest BCUT2D eigenvalue weighted by Crippen LogP contribution is -2.16. The van der Waals surface area contributed by atoms with Crippen molar-refractivity contribution in [3.05, 3.63) is 70.5 Å². The van der Waals surface area contributed by atoms with Crippen LogP contribution in [0.5, 0.6) is 0 Å². The van der Waals surface area contributed by atoms with Gasteiger partial charge in [0, 0.05) is 0 Å². The predicted octanol–water partition coefficient (Wildman–Crippen LogP) is 4.35. The molecule has 0 bridgehead atoms. The van der Waals surface area contributed by atoms with Gasteiger partial charge in [-0.3, -0.25) is 0 Å². The van der Waals surface area contributed by atoms with Gasteiger partial charge in [0.15, 0.2) is 0 Å². The monoisotopic (exact) mass is 312 g/mol. The summed E-state index contributed by atoms with van der Waals surface area (Å²) < 4.78 is 18.0. The average molecular weight is 312 g/mol. The average Bonchev–Trinajstić information content (AvgIpc) is 2.58. The molecule has 3 heteroatoms. The van der Waals surface area contributed by atoms with E-state index in [4.69, 9.17) is 4.74 Å². The first-order valence-electron chi connectivity index (χ1n) is 8.10. The van der Waals surface area contributed by atoms with Gasteiger partial charge >= 0.3 is 5.97 Å². The van der Waals surface area contributed by atoms with Crippen molar-refractivity contribution in [2.24, 2.45) is 5.92 Å². The Labute approximate surface area is 136 Å². The summed E-state index contributed by atoms with van der Waals surface area (Å²) in [5, 5.41) is 0. The number of fused-ring (bicyclic) bond motifs is 1. The molecule has 0 saturated heterocycles. The number of methoxy groups -OCH3 is 1. The van der Waals surface area contributed by atoms with Crippen LogP contribution in [0.25, 0.3) is 0 Å². The van der Waals surface area contributed by atoms with Gasteiger partial charge in [0.1, 0.15) is 5.82 Å². The van der Waals surface area contributed by atoms with Gasteiger partial charge < -0.3 is 4.74 Å². The highest BCUT2D eigenvalue weighted by Crippen LogP contribution is 2.29. The minimum Gasteiger partial charge on any atom is -0.465 e. The van der Waals surface area contributed by atoms with E-state index in [2.05, 4.69) is 6.07 Å². The first kappa shape index (κ1) is 15.7. The Bertz CT molecular complexity index is 709. The highest BCUT2D eigenvalue weighted by molar-refractivity contribution is 5.89. The van der Waals surface area contributed by atoms with Crippen LogP contribution in [0.2, 0.25) is 0 Å². The lowest BCUT2D eigenvalue weighted by molar-refractivity contribution is 0.0600. The molecule has 23 heavy (non-hydrogen) atoms. The molecule has 2 aromatic carbocycles. The van der Waals surface area contributed by atoms with E-state index in [0.717, 1.165) is 37.7 Å². The van der Waals surface area contributed by atoms with Gasteiger partial charge in [-0.05, 0) is 79.0 Å². The van der Waals surface area contributed by atoms with Gasteiger partial charge in [0.05, 0.1) is 12.7 Å². The zero-order chi connectivity index (χ0) is 16.2. The number of hydrogen-bond acceptors (Lipinski definition) is 2. The van der Waals surface area contributed by atoms with Crippen LogP contribution in [-0.2, 0) is 24.0 Å². The number of hydrogen-bond donors (Lipinski definition) is 0. The quantitative estimate of drug-likeness (QED) is 0.785. The molecule has 1 aliphatic carbocycles. The van der Waals surface area contributed by atoms with Gasteiger partial charge in [0.2, 0.25) is 0 Å². The van der Waals surface area contributed by atoms with Crippen molar-refractivity contribution < 1.29 is 13.9 Å². The fourth-order valence-electron chi connectivity index (χ4n) is 3.38. The second-order valence-corrected chi connectivity index (χ2v) is 6.25. The van der Waals surface area contributed by atoms with Crippen molar-refractivity contribution in [2.45, 2.75) is 32.1 Å². The Balaban J connectivity index is 1.63. The summed E-state index contributed by atoms with van der Waals surface area (Å²) in [6, 6.07) is 12.7. The zero-order valence-electron chi connectivity index (χ0n) is 13.3. The molecule has 2 aromatic rings. The number of rotatable bonds is 4. The van der Waals surface area contributed by atoms with E-state index in [0.29, 0.717) is 11.5 Å². The Hall–Kier alpha value is -2.16. The minimum atomic E-state index is -0.277. The third-order valence-electron chi connectivity index (χ3n) is 4.69. The normalized spacial score (nSPS) is 16.7. The lowest BCUT2D eigenvalue weighted by Gasteiger charge is -2.25. The molecular formula is C20H21FO2. The molecule has 1 unspecified atom stereocenters. The fraction of sp³-hybridized carbons (Fsp3) is 0.350. The molecule has 120 valence electrons. The first-order chi connectivity index (χ1) is 11.2. The van der Waals surface area contributed by atoms with Crippen LogP contribution >= 0.6 is 0 Å². The smallest absolute Gasteiger partial charge is 0.337 e. The van der Waals surface area contributed by atoms with E-state index in [9.17, 15) is 9.18 Å². The second-order valence-electron chi connectivity index (χ2n) is 6.25. The Morgan fingerprint density at radius 3 is 2.87 bits per heavy atom. The predicted molar refractivity (Wildman–Crippen MR) is 88.0 cm³/mol. The zero-order valence-corrected chi connectivity index (χ0v) is 13.3. The molecule has 0 aliphatic heterocycles. The van der Waals surface area contributed by atoms with Crippen LogP contribution < -0.4 is 0 Å². The van der Waals surface area contributed by atoms with Crippen LogP contribution in [-0.4, -0.2) is 13.1 Å². The molecule has 0 saturated carbocycles. The SMILES string of the molecule is COC(=O)c1ccc2c(c1)CCC(CCc1cccc(F)c1)C2. The molecule has 0 amide bonds. The summed E-state index contributed by atoms with van der Waals surface area (Å²) in [6.07, 6.45) is 5.13. The van der Waals surface area contributed by atoms with Crippen molar-refractivity contribution in [3.8, 4) is 0 Å². The van der Waals surface area contributed by atoms with Gasteiger partial charge in [-0.1, -0.05) is 18.2 Å². The number of carbonyl (C=O) groups excluding carboxylic acids is 1. The molecule has 1 atom stereocenters. The van der Waals surface area contributed by atoms with E-state index in [1.165, 1.54) is 24.3 Å². The number of esters is 1. The molecular weight excluding hydrogens is 291 g/mol. The molecule has 0 spiro atoms. The molecule has 3 rings (SSSR count). The van der Waals surface area contributed by atoms with E-state index >= 15 is 0 Å². The highest BCUT2D eigenvalue weighted by Gasteiger charge is 2.20. The summed E-state index contributed by atoms with van der Waals surface area (Å²) in [5.41, 5.74) is 4.28. The van der Waals surface area contributed by atoms with E-state index in [1.54, 1.807) is 12.1 Å². The topological polar surface area (TPSA) is 26.3 Å². The van der Waals surface area contributed by atoms with E-state index in [1.807, 2.05) is 18.2 Å². The summed E-state index contributed by atoms with van der Waals surface area (Å²) in [5.74, 6) is 0.183. The van der Waals surface area contributed by atoms with E-state index in [-0.39, 0.29) is 11.8 Å². The summed E-state index contributed by atoms with van der Waals surface area (Å²) in [4.78, 5) is 11.6. The standard InChI is InChI=1S/C20H21FO2/c1-23-20(22)18-10-9-16-11-15(7-8-17(16)13-18)6-5-14-3-2-4-19(21)12-14/h2-4,9-10,12-13,15H,5-8,11H2,1H3. The number of ether oxygens (including phenoxy) is 1. The van der Waals surface area contributed by atoms with Crippen LogP contribution in [0.1, 0.15) is 39.9 Å². The van der Waals surface area contributed by atoms with Crippen LogP contribution in [0.3, 0.4) is 0 Å². The molecule has 0 heterocycles. The van der Waals surface area contributed by atoms with Crippen molar-refractivity contribution >= 4 is 5.97 Å². The van der Waals surface area contributed by atoms with Crippen molar-refractivity contribution in [2.75, 3.05) is 7.11 Å². The molecule has 0 N–H and O–H groups in total. The maximum atomic E-state index is 13.2. The van der Waals surface area contributed by atoms with Crippen LogP contribution in [0.4, 0.5) is 4.39 Å². The maximum Gasteiger partial charge on any atom is 0.337 e. The fourth-order valence-corrected chi connectivity index (χ4v) is 3.38. The molecule has 0 fully saturated rings.